The highest BCUT2D eigenvalue weighted by atomic mass is 16.5. The zero-order valence-electron chi connectivity index (χ0n) is 13.0. The summed E-state index contributed by atoms with van der Waals surface area (Å²) in [5.41, 5.74) is 3.34. The third kappa shape index (κ3) is 3.85. The molecule has 2 unspecified atom stereocenters. The normalized spacial score (nSPS) is 13.7. The molecule has 0 aromatic heterocycles. The van der Waals surface area contributed by atoms with Crippen LogP contribution in [0.1, 0.15) is 43.6 Å². The van der Waals surface area contributed by atoms with Gasteiger partial charge in [-0.05, 0) is 42.5 Å². The number of hydrogen-bond acceptors (Lipinski definition) is 2. The maximum absolute atomic E-state index is 10.5. The number of aryl methyl sites for hydroxylation is 2. The van der Waals surface area contributed by atoms with Crippen LogP contribution in [0.15, 0.2) is 48.5 Å². The Hall–Kier alpha value is -1.80. The Labute approximate surface area is 127 Å². The molecule has 2 nitrogen and oxygen atoms in total. The lowest BCUT2D eigenvalue weighted by Crippen LogP contribution is -2.22. The van der Waals surface area contributed by atoms with Crippen molar-refractivity contribution in [1.29, 1.82) is 0 Å². The zero-order chi connectivity index (χ0) is 15.2. The van der Waals surface area contributed by atoms with Crippen LogP contribution in [0.2, 0.25) is 0 Å². The number of hydrogen-bond donors (Lipinski definition) is 1. The molecule has 2 heteroatoms. The van der Waals surface area contributed by atoms with Crippen molar-refractivity contribution in [1.82, 2.24) is 0 Å². The van der Waals surface area contributed by atoms with E-state index in [1.54, 1.807) is 0 Å². The highest BCUT2D eigenvalue weighted by Gasteiger charge is 2.18. The van der Waals surface area contributed by atoms with Crippen molar-refractivity contribution in [2.24, 2.45) is 0 Å². The highest BCUT2D eigenvalue weighted by Crippen LogP contribution is 2.25. The second-order valence-electron chi connectivity index (χ2n) is 5.32. The number of benzene rings is 2. The van der Waals surface area contributed by atoms with Gasteiger partial charge in [0.15, 0.2) is 0 Å². The van der Waals surface area contributed by atoms with Gasteiger partial charge in [0.05, 0.1) is 0 Å². The predicted molar refractivity (Wildman–Crippen MR) is 86.7 cm³/mol. The van der Waals surface area contributed by atoms with Gasteiger partial charge in [-0.3, -0.25) is 0 Å². The fourth-order valence-corrected chi connectivity index (χ4v) is 2.40. The van der Waals surface area contributed by atoms with E-state index in [1.165, 1.54) is 5.56 Å². The first-order valence-corrected chi connectivity index (χ1v) is 7.67. The first-order valence-electron chi connectivity index (χ1n) is 7.67. The van der Waals surface area contributed by atoms with Gasteiger partial charge in [0.1, 0.15) is 18.0 Å². The molecule has 0 bridgehead atoms. The predicted octanol–water partition coefficient (Wildman–Crippen LogP) is 4.31. The Morgan fingerprint density at radius 1 is 0.952 bits per heavy atom. The van der Waals surface area contributed by atoms with E-state index < -0.39 is 6.10 Å². The van der Waals surface area contributed by atoms with Crippen molar-refractivity contribution in [3.8, 4) is 5.75 Å². The van der Waals surface area contributed by atoms with Crippen LogP contribution in [0, 0.1) is 0 Å². The molecule has 2 atom stereocenters. The molecule has 2 aromatic rings. The fraction of sp³-hybridized carbons (Fsp3) is 0.368. The molecule has 0 radical (unpaired) electrons. The number of aliphatic hydroxyl groups is 1. The molecule has 0 aliphatic heterocycles. The van der Waals surface area contributed by atoms with Crippen LogP contribution in [0.4, 0.5) is 0 Å². The maximum atomic E-state index is 10.5. The summed E-state index contributed by atoms with van der Waals surface area (Å²) in [7, 11) is 0. The van der Waals surface area contributed by atoms with E-state index in [1.807, 2.05) is 37.3 Å². The Morgan fingerprint density at radius 2 is 1.62 bits per heavy atom. The summed E-state index contributed by atoms with van der Waals surface area (Å²) in [5.74, 6) is 0.858. The van der Waals surface area contributed by atoms with Crippen LogP contribution in [0.5, 0.6) is 5.75 Å². The number of rotatable bonds is 6. The van der Waals surface area contributed by atoms with E-state index >= 15 is 0 Å². The monoisotopic (exact) mass is 284 g/mol. The Morgan fingerprint density at radius 3 is 2.24 bits per heavy atom. The fourth-order valence-electron chi connectivity index (χ4n) is 2.40. The first-order chi connectivity index (χ1) is 10.2. The summed E-state index contributed by atoms with van der Waals surface area (Å²) in [6.07, 6.45) is 1.02. The molecule has 0 heterocycles. The second-order valence-corrected chi connectivity index (χ2v) is 5.32. The van der Waals surface area contributed by atoms with Crippen molar-refractivity contribution in [3.05, 3.63) is 65.2 Å². The van der Waals surface area contributed by atoms with Gasteiger partial charge in [-0.15, -0.1) is 0 Å². The topological polar surface area (TPSA) is 29.5 Å². The lowest BCUT2D eigenvalue weighted by molar-refractivity contribution is 0.0462. The molecular weight excluding hydrogens is 260 g/mol. The SMILES string of the molecule is CCc1ccc(C(O)C(C)Oc2ccccc2CC)cc1. The first kappa shape index (κ1) is 15.6. The molecule has 2 rings (SSSR count). The van der Waals surface area contributed by atoms with Gasteiger partial charge in [-0.25, -0.2) is 0 Å². The van der Waals surface area contributed by atoms with Gasteiger partial charge >= 0.3 is 0 Å². The van der Waals surface area contributed by atoms with E-state index in [-0.39, 0.29) is 6.10 Å². The molecule has 0 saturated carbocycles. The largest absolute Gasteiger partial charge is 0.487 e. The number of para-hydroxylation sites is 1. The van der Waals surface area contributed by atoms with Gasteiger partial charge in [-0.2, -0.15) is 0 Å². The van der Waals surface area contributed by atoms with Gasteiger partial charge in [0.25, 0.3) is 0 Å². The third-order valence-electron chi connectivity index (χ3n) is 3.84. The zero-order valence-corrected chi connectivity index (χ0v) is 13.0. The summed E-state index contributed by atoms with van der Waals surface area (Å²) in [5, 5.41) is 10.5. The quantitative estimate of drug-likeness (QED) is 0.856. The molecule has 0 aliphatic carbocycles. The average molecular weight is 284 g/mol. The molecular formula is C19H24O2. The van der Waals surface area contributed by atoms with E-state index in [9.17, 15) is 5.11 Å². The summed E-state index contributed by atoms with van der Waals surface area (Å²) >= 11 is 0. The molecule has 1 N–H and O–H groups in total. The minimum Gasteiger partial charge on any atom is -0.487 e. The summed E-state index contributed by atoms with van der Waals surface area (Å²) in [6, 6.07) is 16.1. The van der Waals surface area contributed by atoms with Gasteiger partial charge in [0, 0.05) is 0 Å². The van der Waals surface area contributed by atoms with E-state index in [0.29, 0.717) is 0 Å². The third-order valence-corrected chi connectivity index (χ3v) is 3.84. The minimum absolute atomic E-state index is 0.287. The average Bonchev–Trinajstić information content (AvgIpc) is 2.54. The highest BCUT2D eigenvalue weighted by molar-refractivity contribution is 5.33. The molecule has 0 saturated heterocycles. The molecule has 0 spiro atoms. The molecule has 2 aromatic carbocycles. The summed E-state index contributed by atoms with van der Waals surface area (Å²) in [4.78, 5) is 0. The Balaban J connectivity index is 2.09. The molecule has 0 amide bonds. The molecule has 0 aliphatic rings. The van der Waals surface area contributed by atoms with Crippen LogP contribution in [0.3, 0.4) is 0 Å². The van der Waals surface area contributed by atoms with Crippen LogP contribution in [0.25, 0.3) is 0 Å². The summed E-state index contributed by atoms with van der Waals surface area (Å²) < 4.78 is 5.96. The summed E-state index contributed by atoms with van der Waals surface area (Å²) in [6.45, 7) is 6.14. The van der Waals surface area contributed by atoms with E-state index in [0.717, 1.165) is 29.7 Å². The van der Waals surface area contributed by atoms with Crippen LogP contribution < -0.4 is 4.74 Å². The van der Waals surface area contributed by atoms with Crippen molar-refractivity contribution < 1.29 is 9.84 Å². The van der Waals surface area contributed by atoms with Crippen LogP contribution in [-0.4, -0.2) is 11.2 Å². The molecule has 0 fully saturated rings. The van der Waals surface area contributed by atoms with Crippen LogP contribution in [-0.2, 0) is 12.8 Å². The van der Waals surface area contributed by atoms with Gasteiger partial charge < -0.3 is 9.84 Å². The van der Waals surface area contributed by atoms with Crippen molar-refractivity contribution in [2.45, 2.75) is 45.8 Å². The maximum Gasteiger partial charge on any atom is 0.126 e. The molecule has 112 valence electrons. The standard InChI is InChI=1S/C19H24O2/c1-4-15-10-12-17(13-11-15)19(20)14(3)21-18-9-7-6-8-16(18)5-2/h6-14,19-20H,4-5H2,1-3H3. The number of ether oxygens (including phenoxy) is 1. The van der Waals surface area contributed by atoms with Crippen molar-refractivity contribution >= 4 is 0 Å². The van der Waals surface area contributed by atoms with Gasteiger partial charge in [0.2, 0.25) is 0 Å². The number of aliphatic hydroxyl groups excluding tert-OH is 1. The molecule has 21 heavy (non-hydrogen) atoms. The van der Waals surface area contributed by atoms with Gasteiger partial charge in [-0.1, -0.05) is 56.3 Å². The lowest BCUT2D eigenvalue weighted by atomic mass is 10.0. The minimum atomic E-state index is -0.624. The smallest absolute Gasteiger partial charge is 0.126 e. The van der Waals surface area contributed by atoms with Crippen molar-refractivity contribution in [2.75, 3.05) is 0 Å². The van der Waals surface area contributed by atoms with E-state index in [2.05, 4.69) is 32.0 Å². The second kappa shape index (κ2) is 7.28. The van der Waals surface area contributed by atoms with Crippen molar-refractivity contribution in [3.63, 3.8) is 0 Å². The Kier molecular flexibility index (Phi) is 5.40. The van der Waals surface area contributed by atoms with E-state index in [4.69, 9.17) is 4.74 Å². The van der Waals surface area contributed by atoms with Crippen LogP contribution >= 0.6 is 0 Å². The Bertz CT molecular complexity index is 560. The lowest BCUT2D eigenvalue weighted by Gasteiger charge is -2.22.